The Balaban J connectivity index is 1.86. The summed E-state index contributed by atoms with van der Waals surface area (Å²) in [6.07, 6.45) is 6.46. The van der Waals surface area contributed by atoms with Gasteiger partial charge in [0.05, 0.1) is 19.1 Å². The van der Waals surface area contributed by atoms with Crippen LogP contribution < -0.4 is 20.1 Å². The van der Waals surface area contributed by atoms with E-state index in [2.05, 4.69) is 22.5 Å². The summed E-state index contributed by atoms with van der Waals surface area (Å²) in [7, 11) is 1.64. The first-order chi connectivity index (χ1) is 14.7. The molecule has 0 heterocycles. The van der Waals surface area contributed by atoms with E-state index in [1.165, 1.54) is 12.8 Å². The van der Waals surface area contributed by atoms with Crippen LogP contribution in [0.3, 0.4) is 0 Å². The molecule has 6 nitrogen and oxygen atoms in total. The second kappa shape index (κ2) is 10.8. The Morgan fingerprint density at radius 1 is 1.17 bits per heavy atom. The lowest BCUT2D eigenvalue weighted by molar-refractivity contribution is 0.200. The molecule has 1 fully saturated rings. The van der Waals surface area contributed by atoms with Crippen molar-refractivity contribution in [2.45, 2.75) is 37.7 Å². The number of hydrogen-bond donors (Lipinski definition) is 3. The third kappa shape index (κ3) is 5.93. The monoisotopic (exact) mass is 402 g/mol. The van der Waals surface area contributed by atoms with E-state index in [4.69, 9.17) is 20.1 Å². The summed E-state index contributed by atoms with van der Waals surface area (Å²) in [6, 6.07) is 15.6. The van der Waals surface area contributed by atoms with Gasteiger partial charge in [0.15, 0.2) is 17.7 Å². The number of benzene rings is 2. The quantitative estimate of drug-likeness (QED) is 0.225. The van der Waals surface area contributed by atoms with Gasteiger partial charge < -0.3 is 14.8 Å². The van der Waals surface area contributed by atoms with E-state index in [-0.39, 0.29) is 18.0 Å². The number of methoxy groups -OCH3 is 1. The molecular weight excluding hydrogens is 376 g/mol. The Kier molecular flexibility index (Phi) is 7.58. The highest BCUT2D eigenvalue weighted by Gasteiger charge is 2.20. The van der Waals surface area contributed by atoms with Gasteiger partial charge in [-0.2, -0.15) is 5.26 Å². The Morgan fingerprint density at radius 3 is 2.63 bits per heavy atom. The first kappa shape index (κ1) is 21.1. The SMILES string of the molecule is COc1ccc(C(C#Cc2ccccc2)CNC(=N)NC#N)cc1OC1CCCC1. The molecule has 2 aromatic carbocycles. The van der Waals surface area contributed by atoms with E-state index in [9.17, 15) is 0 Å². The maximum atomic E-state index is 8.70. The lowest BCUT2D eigenvalue weighted by Gasteiger charge is -2.19. The molecule has 1 atom stereocenters. The standard InChI is InChI=1S/C24H26N4O2/c1-29-22-14-13-19(15-23(22)30-21-9-5-6-10-21)20(16-27-24(26)28-17-25)12-11-18-7-3-2-4-8-18/h2-4,7-8,13-15,20-21H,5-6,9-10,16H2,1H3,(H3,26,27,28). The molecule has 0 amide bonds. The van der Waals surface area contributed by atoms with Crippen LogP contribution in [0.2, 0.25) is 0 Å². The summed E-state index contributed by atoms with van der Waals surface area (Å²) in [4.78, 5) is 0. The number of hydrogen-bond acceptors (Lipinski definition) is 4. The first-order valence-corrected chi connectivity index (χ1v) is 10.1. The molecule has 3 N–H and O–H groups in total. The number of nitriles is 1. The highest BCUT2D eigenvalue weighted by Crippen LogP contribution is 2.34. The molecule has 1 saturated carbocycles. The summed E-state index contributed by atoms with van der Waals surface area (Å²) in [6.45, 7) is 0.378. The average Bonchev–Trinajstić information content (AvgIpc) is 3.28. The van der Waals surface area contributed by atoms with Crippen LogP contribution in [0.5, 0.6) is 11.5 Å². The zero-order valence-electron chi connectivity index (χ0n) is 17.1. The molecule has 0 saturated heterocycles. The molecule has 2 aromatic rings. The second-order valence-corrected chi connectivity index (χ2v) is 7.12. The molecule has 0 spiro atoms. The van der Waals surface area contributed by atoms with Gasteiger partial charge in [-0.1, -0.05) is 36.1 Å². The highest BCUT2D eigenvalue weighted by molar-refractivity contribution is 5.77. The molecule has 6 heteroatoms. The highest BCUT2D eigenvalue weighted by atomic mass is 16.5. The van der Waals surface area contributed by atoms with Crippen molar-refractivity contribution in [3.05, 3.63) is 59.7 Å². The summed E-state index contributed by atoms with van der Waals surface area (Å²) in [5, 5.41) is 21.7. The largest absolute Gasteiger partial charge is 0.493 e. The van der Waals surface area contributed by atoms with Crippen molar-refractivity contribution in [1.82, 2.24) is 10.6 Å². The first-order valence-electron chi connectivity index (χ1n) is 10.1. The van der Waals surface area contributed by atoms with Crippen LogP contribution in [-0.4, -0.2) is 25.7 Å². The normalized spacial score (nSPS) is 14.0. The maximum absolute atomic E-state index is 8.70. The maximum Gasteiger partial charge on any atom is 0.201 e. The number of nitrogens with zero attached hydrogens (tertiary/aromatic N) is 1. The number of ether oxygens (including phenoxy) is 2. The van der Waals surface area contributed by atoms with Crippen molar-refractivity contribution in [2.24, 2.45) is 0 Å². The van der Waals surface area contributed by atoms with E-state index in [1.807, 2.05) is 48.5 Å². The van der Waals surface area contributed by atoms with Crippen molar-refractivity contribution in [3.8, 4) is 29.5 Å². The molecule has 1 aliphatic rings. The molecule has 154 valence electrons. The minimum absolute atomic E-state index is 0.0556. The third-order valence-corrected chi connectivity index (χ3v) is 5.01. The number of guanidine groups is 1. The zero-order valence-corrected chi connectivity index (χ0v) is 17.1. The molecule has 0 aromatic heterocycles. The minimum atomic E-state index is -0.206. The summed E-state index contributed by atoms with van der Waals surface area (Å²) in [5.41, 5.74) is 1.88. The van der Waals surface area contributed by atoms with Crippen molar-refractivity contribution in [1.29, 1.82) is 10.7 Å². The van der Waals surface area contributed by atoms with Gasteiger partial charge in [0, 0.05) is 12.1 Å². The van der Waals surface area contributed by atoms with Crippen molar-refractivity contribution in [3.63, 3.8) is 0 Å². The third-order valence-electron chi connectivity index (χ3n) is 5.01. The van der Waals surface area contributed by atoms with Gasteiger partial charge in [0.25, 0.3) is 0 Å². The summed E-state index contributed by atoms with van der Waals surface area (Å²) in [5.74, 6) is 7.65. The number of nitrogens with one attached hydrogen (secondary N) is 3. The van der Waals surface area contributed by atoms with Crippen LogP contribution in [-0.2, 0) is 0 Å². The Bertz CT molecular complexity index is 951. The van der Waals surface area contributed by atoms with E-state index in [0.717, 1.165) is 29.7 Å². The van der Waals surface area contributed by atoms with E-state index in [0.29, 0.717) is 12.3 Å². The fraction of sp³-hybridized carbons (Fsp3) is 0.333. The molecule has 0 aliphatic heterocycles. The molecule has 30 heavy (non-hydrogen) atoms. The van der Waals surface area contributed by atoms with Crippen LogP contribution in [0.25, 0.3) is 0 Å². The van der Waals surface area contributed by atoms with Gasteiger partial charge in [-0.15, -0.1) is 0 Å². The lowest BCUT2D eigenvalue weighted by Crippen LogP contribution is -2.35. The van der Waals surface area contributed by atoms with Crippen LogP contribution in [0.1, 0.15) is 42.7 Å². The van der Waals surface area contributed by atoms with Gasteiger partial charge in [-0.3, -0.25) is 10.7 Å². The van der Waals surface area contributed by atoms with Crippen molar-refractivity contribution >= 4 is 5.96 Å². The van der Waals surface area contributed by atoms with Crippen molar-refractivity contribution in [2.75, 3.05) is 13.7 Å². The molecule has 0 radical (unpaired) electrons. The van der Waals surface area contributed by atoms with Crippen molar-refractivity contribution < 1.29 is 9.47 Å². The predicted molar refractivity (Wildman–Crippen MR) is 116 cm³/mol. The van der Waals surface area contributed by atoms with Gasteiger partial charge in [0.2, 0.25) is 5.96 Å². The molecule has 0 bridgehead atoms. The van der Waals surface area contributed by atoms with Gasteiger partial charge >= 0.3 is 0 Å². The second-order valence-electron chi connectivity index (χ2n) is 7.12. The Morgan fingerprint density at radius 2 is 1.93 bits per heavy atom. The topological polar surface area (TPSA) is 90.2 Å². The minimum Gasteiger partial charge on any atom is -0.493 e. The van der Waals surface area contributed by atoms with Gasteiger partial charge in [0.1, 0.15) is 0 Å². The number of rotatable bonds is 6. The fourth-order valence-electron chi connectivity index (χ4n) is 3.44. The van der Waals surface area contributed by atoms with Gasteiger partial charge in [-0.25, -0.2) is 0 Å². The van der Waals surface area contributed by atoms with E-state index in [1.54, 1.807) is 13.3 Å². The zero-order chi connectivity index (χ0) is 21.2. The van der Waals surface area contributed by atoms with Crippen LogP contribution in [0, 0.1) is 28.7 Å². The van der Waals surface area contributed by atoms with E-state index < -0.39 is 0 Å². The Labute approximate surface area is 177 Å². The molecule has 1 unspecified atom stereocenters. The lowest BCUT2D eigenvalue weighted by atomic mass is 9.98. The summed E-state index contributed by atoms with van der Waals surface area (Å²) < 4.78 is 11.7. The fourth-order valence-corrected chi connectivity index (χ4v) is 3.44. The van der Waals surface area contributed by atoms with Crippen LogP contribution >= 0.6 is 0 Å². The molecular formula is C24H26N4O2. The van der Waals surface area contributed by atoms with Crippen LogP contribution in [0.15, 0.2) is 48.5 Å². The predicted octanol–water partition coefficient (Wildman–Crippen LogP) is 3.75. The Hall–Kier alpha value is -3.64. The molecule has 3 rings (SSSR count). The van der Waals surface area contributed by atoms with Crippen LogP contribution in [0.4, 0.5) is 0 Å². The molecule has 1 aliphatic carbocycles. The van der Waals surface area contributed by atoms with E-state index >= 15 is 0 Å². The average molecular weight is 402 g/mol. The van der Waals surface area contributed by atoms with Gasteiger partial charge in [-0.05, 0) is 55.5 Å². The summed E-state index contributed by atoms with van der Waals surface area (Å²) >= 11 is 0. The smallest absolute Gasteiger partial charge is 0.201 e.